The summed E-state index contributed by atoms with van der Waals surface area (Å²) in [6, 6.07) is 5.30. The van der Waals surface area contributed by atoms with E-state index in [-0.39, 0.29) is 11.8 Å². The van der Waals surface area contributed by atoms with Crippen LogP contribution >= 0.6 is 15.9 Å². The van der Waals surface area contributed by atoms with E-state index >= 15 is 0 Å². The van der Waals surface area contributed by atoms with Crippen molar-refractivity contribution in [2.45, 2.75) is 37.7 Å². The number of benzene rings is 1. The number of halogens is 1. The molecule has 1 saturated carbocycles. The van der Waals surface area contributed by atoms with E-state index in [1.54, 1.807) is 12.1 Å². The quantitative estimate of drug-likeness (QED) is 0.763. The van der Waals surface area contributed by atoms with Gasteiger partial charge in [0.2, 0.25) is 0 Å². The predicted molar refractivity (Wildman–Crippen MR) is 86.0 cm³/mol. The molecule has 1 amide bonds. The second kappa shape index (κ2) is 5.61. The normalized spacial score (nSPS) is 29.0. The van der Waals surface area contributed by atoms with Crippen LogP contribution in [0.4, 0.5) is 5.69 Å². The van der Waals surface area contributed by atoms with E-state index in [1.165, 1.54) is 0 Å². The Morgan fingerprint density at radius 3 is 3.00 bits per heavy atom. The molecule has 0 bridgehead atoms. The van der Waals surface area contributed by atoms with Gasteiger partial charge in [-0.3, -0.25) is 4.79 Å². The van der Waals surface area contributed by atoms with E-state index in [4.69, 9.17) is 5.73 Å². The van der Waals surface area contributed by atoms with Crippen LogP contribution in [0.5, 0.6) is 0 Å². The molecular formula is C16H21BrN2O2. The van der Waals surface area contributed by atoms with Crippen LogP contribution in [0.25, 0.3) is 0 Å². The Hall–Kier alpha value is -1.07. The summed E-state index contributed by atoms with van der Waals surface area (Å²) in [5.74, 6) is 0.214. The number of aliphatic hydroxyl groups is 1. The zero-order chi connectivity index (χ0) is 15.0. The van der Waals surface area contributed by atoms with Gasteiger partial charge in [0.25, 0.3) is 5.91 Å². The highest BCUT2D eigenvalue weighted by atomic mass is 79.9. The average molecular weight is 353 g/mol. The number of amides is 1. The number of fused-ring (bicyclic) bond motifs is 1. The van der Waals surface area contributed by atoms with E-state index in [2.05, 4.69) is 15.9 Å². The maximum absolute atomic E-state index is 12.7. The Kier molecular flexibility index (Phi) is 3.97. The van der Waals surface area contributed by atoms with Gasteiger partial charge in [0.05, 0.1) is 11.2 Å². The van der Waals surface area contributed by atoms with Gasteiger partial charge in [-0.05, 0) is 53.4 Å². The number of carbonyl (C=O) groups excluding carboxylic acids is 1. The van der Waals surface area contributed by atoms with Gasteiger partial charge in [0, 0.05) is 29.2 Å². The molecule has 3 N–H and O–H groups in total. The summed E-state index contributed by atoms with van der Waals surface area (Å²) in [6.07, 6.45) is 4.82. The molecule has 5 heteroatoms. The van der Waals surface area contributed by atoms with Crippen molar-refractivity contribution in [2.24, 2.45) is 5.92 Å². The number of nitrogen functional groups attached to an aromatic ring is 1. The first-order valence-electron chi connectivity index (χ1n) is 7.56. The van der Waals surface area contributed by atoms with E-state index in [0.717, 1.165) is 30.2 Å². The van der Waals surface area contributed by atoms with Crippen LogP contribution in [0.3, 0.4) is 0 Å². The number of anilines is 1. The molecule has 21 heavy (non-hydrogen) atoms. The Morgan fingerprint density at radius 1 is 1.38 bits per heavy atom. The molecule has 1 aliphatic heterocycles. The second-order valence-electron chi connectivity index (χ2n) is 6.29. The molecule has 2 fully saturated rings. The highest BCUT2D eigenvalue weighted by Gasteiger charge is 2.43. The van der Waals surface area contributed by atoms with Crippen molar-refractivity contribution in [3.05, 3.63) is 28.2 Å². The topological polar surface area (TPSA) is 66.6 Å². The molecule has 1 saturated heterocycles. The SMILES string of the molecule is Nc1ccc(Br)c(C(=O)N2CCC3(O)CCCCC3C2)c1. The molecule has 2 atom stereocenters. The molecule has 0 spiro atoms. The molecule has 0 aromatic heterocycles. The smallest absolute Gasteiger partial charge is 0.255 e. The maximum Gasteiger partial charge on any atom is 0.255 e. The maximum atomic E-state index is 12.7. The van der Waals surface area contributed by atoms with Crippen LogP contribution in [0.1, 0.15) is 42.5 Å². The Morgan fingerprint density at radius 2 is 2.19 bits per heavy atom. The third kappa shape index (κ3) is 2.81. The number of carbonyl (C=O) groups is 1. The van der Waals surface area contributed by atoms with Crippen molar-refractivity contribution >= 4 is 27.5 Å². The summed E-state index contributed by atoms with van der Waals surface area (Å²) in [6.45, 7) is 1.27. The monoisotopic (exact) mass is 352 g/mol. The second-order valence-corrected chi connectivity index (χ2v) is 7.14. The first-order valence-corrected chi connectivity index (χ1v) is 8.35. The summed E-state index contributed by atoms with van der Waals surface area (Å²) in [4.78, 5) is 14.6. The minimum atomic E-state index is -0.554. The molecule has 2 unspecified atom stereocenters. The Bertz CT molecular complexity index is 563. The lowest BCUT2D eigenvalue weighted by molar-refractivity contribution is -0.0886. The van der Waals surface area contributed by atoms with E-state index < -0.39 is 5.60 Å². The van der Waals surface area contributed by atoms with Crippen molar-refractivity contribution < 1.29 is 9.90 Å². The van der Waals surface area contributed by atoms with Gasteiger partial charge in [-0.15, -0.1) is 0 Å². The number of nitrogens with zero attached hydrogens (tertiary/aromatic N) is 1. The van der Waals surface area contributed by atoms with Crippen molar-refractivity contribution in [2.75, 3.05) is 18.8 Å². The van der Waals surface area contributed by atoms with Crippen molar-refractivity contribution in [3.63, 3.8) is 0 Å². The number of rotatable bonds is 1. The van der Waals surface area contributed by atoms with Gasteiger partial charge < -0.3 is 15.7 Å². The number of hydrogen-bond acceptors (Lipinski definition) is 3. The largest absolute Gasteiger partial charge is 0.399 e. The van der Waals surface area contributed by atoms with Gasteiger partial charge >= 0.3 is 0 Å². The third-order valence-electron chi connectivity index (χ3n) is 4.94. The van der Waals surface area contributed by atoms with Crippen molar-refractivity contribution in [3.8, 4) is 0 Å². The van der Waals surface area contributed by atoms with Gasteiger partial charge in [-0.1, -0.05) is 12.8 Å². The minimum Gasteiger partial charge on any atom is -0.399 e. The summed E-state index contributed by atoms with van der Waals surface area (Å²) in [5.41, 5.74) is 6.44. The van der Waals surface area contributed by atoms with Crippen molar-refractivity contribution in [1.29, 1.82) is 0 Å². The number of piperidine rings is 1. The van der Waals surface area contributed by atoms with Crippen LogP contribution < -0.4 is 5.73 Å². The fourth-order valence-corrected chi connectivity index (χ4v) is 4.05. The molecule has 0 radical (unpaired) electrons. The molecule has 2 aliphatic rings. The molecular weight excluding hydrogens is 332 g/mol. The van der Waals surface area contributed by atoms with Crippen molar-refractivity contribution in [1.82, 2.24) is 4.90 Å². The fraction of sp³-hybridized carbons (Fsp3) is 0.562. The summed E-state index contributed by atoms with van der Waals surface area (Å²) in [5, 5.41) is 10.7. The molecule has 3 rings (SSSR count). The molecule has 1 aromatic carbocycles. The number of hydrogen-bond donors (Lipinski definition) is 2. The van der Waals surface area contributed by atoms with Gasteiger partial charge in [0.1, 0.15) is 0 Å². The zero-order valence-electron chi connectivity index (χ0n) is 12.0. The number of likely N-dealkylation sites (tertiary alicyclic amines) is 1. The highest BCUT2D eigenvalue weighted by molar-refractivity contribution is 9.10. The Balaban J connectivity index is 1.79. The Labute approximate surface area is 133 Å². The molecule has 1 aromatic rings. The van der Waals surface area contributed by atoms with E-state index in [1.807, 2.05) is 11.0 Å². The first kappa shape index (κ1) is 14.9. The molecule has 1 heterocycles. The summed E-state index contributed by atoms with van der Waals surface area (Å²) >= 11 is 3.42. The van der Waals surface area contributed by atoms with Gasteiger partial charge in [0.15, 0.2) is 0 Å². The van der Waals surface area contributed by atoms with Gasteiger partial charge in [-0.25, -0.2) is 0 Å². The van der Waals surface area contributed by atoms with Crippen LogP contribution in [-0.2, 0) is 0 Å². The van der Waals surface area contributed by atoms with Crippen LogP contribution in [-0.4, -0.2) is 34.6 Å². The number of nitrogens with two attached hydrogens (primary N) is 1. The predicted octanol–water partition coefficient (Wildman–Crippen LogP) is 2.80. The van der Waals surface area contributed by atoms with Crippen LogP contribution in [0, 0.1) is 5.92 Å². The van der Waals surface area contributed by atoms with Gasteiger partial charge in [-0.2, -0.15) is 0 Å². The van der Waals surface area contributed by atoms with E-state index in [9.17, 15) is 9.90 Å². The first-order chi connectivity index (χ1) is 9.99. The minimum absolute atomic E-state index is 0.00167. The summed E-state index contributed by atoms with van der Waals surface area (Å²) < 4.78 is 0.770. The molecule has 114 valence electrons. The highest BCUT2D eigenvalue weighted by Crippen LogP contribution is 2.40. The third-order valence-corrected chi connectivity index (χ3v) is 5.63. The lowest BCUT2D eigenvalue weighted by Gasteiger charge is -2.47. The summed E-state index contributed by atoms with van der Waals surface area (Å²) in [7, 11) is 0. The van der Waals surface area contributed by atoms with Crippen LogP contribution in [0.15, 0.2) is 22.7 Å². The van der Waals surface area contributed by atoms with Crippen LogP contribution in [0.2, 0.25) is 0 Å². The molecule has 4 nitrogen and oxygen atoms in total. The lowest BCUT2D eigenvalue weighted by Crippen LogP contribution is -2.54. The lowest BCUT2D eigenvalue weighted by atomic mass is 9.71. The standard InChI is InChI=1S/C16H21BrN2O2/c17-14-5-4-12(18)9-13(14)15(20)19-8-7-16(21)6-2-1-3-11(16)10-19/h4-5,9,11,21H,1-3,6-8,10,18H2. The fourth-order valence-electron chi connectivity index (χ4n) is 3.63. The van der Waals surface area contributed by atoms with E-state index in [0.29, 0.717) is 30.8 Å². The zero-order valence-corrected chi connectivity index (χ0v) is 13.6. The average Bonchev–Trinajstić information content (AvgIpc) is 2.48. The molecule has 1 aliphatic carbocycles.